The molecule has 2 saturated carbocycles. The van der Waals surface area contributed by atoms with Crippen molar-refractivity contribution in [2.75, 3.05) is 14.2 Å². The van der Waals surface area contributed by atoms with E-state index in [0.717, 1.165) is 6.42 Å². The maximum atomic E-state index is 12.3. The fourth-order valence-corrected chi connectivity index (χ4v) is 4.96. The Hall–Kier alpha value is -1.01. The van der Waals surface area contributed by atoms with Gasteiger partial charge < -0.3 is 0 Å². The first-order valence-corrected chi connectivity index (χ1v) is 12.5. The lowest BCUT2D eigenvalue weighted by atomic mass is 9.90. The number of hydrogen-bond donors (Lipinski definition) is 0. The van der Waals surface area contributed by atoms with Crippen LogP contribution in [0.2, 0.25) is 0 Å². The molecule has 0 aromatic heterocycles. The van der Waals surface area contributed by atoms with E-state index in [1.54, 1.807) is 14.2 Å². The first kappa shape index (κ1) is 24.3. The topological polar surface area (TPSA) is 29.5 Å². The van der Waals surface area contributed by atoms with E-state index in [0.29, 0.717) is 24.2 Å². The Bertz CT molecular complexity index is 497. The molecule has 166 valence electrons. The highest BCUT2D eigenvalue weighted by Gasteiger charge is 2.18. The van der Waals surface area contributed by atoms with Gasteiger partial charge in [0.2, 0.25) is 5.91 Å². The predicted molar refractivity (Wildman–Crippen MR) is 121 cm³/mol. The summed E-state index contributed by atoms with van der Waals surface area (Å²) < 4.78 is 0. The molecular weight excluding hydrogens is 358 g/mol. The third kappa shape index (κ3) is 10.5. The summed E-state index contributed by atoms with van der Waals surface area (Å²) >= 11 is 0. The van der Waals surface area contributed by atoms with Crippen molar-refractivity contribution in [3.8, 4) is 11.8 Å². The van der Waals surface area contributed by atoms with Crippen LogP contribution < -0.4 is 0 Å². The molecule has 2 aliphatic rings. The molecule has 2 rings (SSSR count). The molecule has 3 heteroatoms. The van der Waals surface area contributed by atoms with Gasteiger partial charge in [-0.25, -0.2) is 5.06 Å². The normalized spacial score (nSPS) is 26.0. The van der Waals surface area contributed by atoms with Gasteiger partial charge in [-0.05, 0) is 44.4 Å². The van der Waals surface area contributed by atoms with Crippen molar-refractivity contribution < 1.29 is 9.63 Å². The third-order valence-corrected chi connectivity index (χ3v) is 7.02. The second-order valence-electron chi connectivity index (χ2n) is 9.45. The van der Waals surface area contributed by atoms with Gasteiger partial charge in [0.15, 0.2) is 0 Å². The first-order valence-electron chi connectivity index (χ1n) is 12.5. The Morgan fingerprint density at radius 2 is 1.14 bits per heavy atom. The number of carbonyl (C=O) groups excluding carboxylic acids is 1. The van der Waals surface area contributed by atoms with E-state index in [4.69, 9.17) is 4.84 Å². The van der Waals surface area contributed by atoms with Crippen LogP contribution in [0, 0.1) is 29.6 Å². The number of hydrogen-bond acceptors (Lipinski definition) is 2. The van der Waals surface area contributed by atoms with Crippen LogP contribution in [0.15, 0.2) is 0 Å². The fraction of sp³-hybridized carbons (Fsp3) is 0.885. The predicted octanol–water partition coefficient (Wildman–Crippen LogP) is 6.91. The van der Waals surface area contributed by atoms with Gasteiger partial charge in [-0.15, -0.1) is 0 Å². The standard InChI is InChI=1S/C26H45NO2/c1-27(29-2)26(28)22-25-17-12-8-7-11-16-24(18-13-19-25)21-20-23-14-9-5-3-4-6-10-15-23/h23-25H,3-19,22H2,1-2H3. The number of hydroxylamine groups is 2. The number of nitrogens with zero attached hydrogens (tertiary/aromatic N) is 1. The molecule has 3 nitrogen and oxygen atoms in total. The van der Waals surface area contributed by atoms with Crippen LogP contribution >= 0.6 is 0 Å². The average Bonchev–Trinajstić information content (AvgIpc) is 2.82. The van der Waals surface area contributed by atoms with Gasteiger partial charge in [-0.1, -0.05) is 82.5 Å². The minimum atomic E-state index is 0.115. The molecule has 0 aromatic rings. The van der Waals surface area contributed by atoms with Gasteiger partial charge in [-0.3, -0.25) is 9.63 Å². The van der Waals surface area contributed by atoms with Crippen LogP contribution in [0.5, 0.6) is 0 Å². The third-order valence-electron chi connectivity index (χ3n) is 7.02. The van der Waals surface area contributed by atoms with Gasteiger partial charge >= 0.3 is 0 Å². The smallest absolute Gasteiger partial charge is 0.246 e. The molecule has 0 heterocycles. The summed E-state index contributed by atoms with van der Waals surface area (Å²) in [5.74, 6) is 9.28. The Morgan fingerprint density at radius 1 is 0.724 bits per heavy atom. The van der Waals surface area contributed by atoms with Crippen LogP contribution in [0.4, 0.5) is 0 Å². The Morgan fingerprint density at radius 3 is 1.66 bits per heavy atom. The molecule has 2 aliphatic carbocycles. The van der Waals surface area contributed by atoms with Crippen molar-refractivity contribution in [2.24, 2.45) is 17.8 Å². The summed E-state index contributed by atoms with van der Waals surface area (Å²) in [7, 11) is 3.28. The molecule has 0 N–H and O–H groups in total. The highest BCUT2D eigenvalue weighted by molar-refractivity contribution is 5.75. The molecule has 0 radical (unpaired) electrons. The zero-order valence-electron chi connectivity index (χ0n) is 19.2. The van der Waals surface area contributed by atoms with Crippen molar-refractivity contribution in [1.29, 1.82) is 0 Å². The molecule has 2 fully saturated rings. The summed E-state index contributed by atoms with van der Waals surface area (Å²) in [4.78, 5) is 17.3. The SMILES string of the molecule is CON(C)C(=O)CC1CCCCCCC(C#CC2CCCCCCCC2)CCC1. The maximum Gasteiger partial charge on any atom is 0.246 e. The van der Waals surface area contributed by atoms with Crippen LogP contribution in [-0.4, -0.2) is 25.1 Å². The minimum absolute atomic E-state index is 0.115. The van der Waals surface area contributed by atoms with Crippen LogP contribution in [-0.2, 0) is 9.63 Å². The van der Waals surface area contributed by atoms with Gasteiger partial charge in [-0.2, -0.15) is 0 Å². The van der Waals surface area contributed by atoms with E-state index in [1.165, 1.54) is 108 Å². The Labute approximate surface area is 180 Å². The van der Waals surface area contributed by atoms with Gasteiger partial charge in [0.25, 0.3) is 0 Å². The maximum absolute atomic E-state index is 12.3. The van der Waals surface area contributed by atoms with Gasteiger partial charge in [0, 0.05) is 25.3 Å². The van der Waals surface area contributed by atoms with Gasteiger partial charge in [0.05, 0.1) is 7.11 Å². The summed E-state index contributed by atoms with van der Waals surface area (Å²) in [5, 5.41) is 1.39. The summed E-state index contributed by atoms with van der Waals surface area (Å²) in [6.07, 6.45) is 22.9. The van der Waals surface area contributed by atoms with Crippen LogP contribution in [0.25, 0.3) is 0 Å². The number of carbonyl (C=O) groups is 1. The quantitative estimate of drug-likeness (QED) is 0.378. The Balaban J connectivity index is 1.87. The molecular formula is C26H45NO2. The van der Waals surface area contributed by atoms with Crippen LogP contribution in [0.1, 0.15) is 116 Å². The lowest BCUT2D eigenvalue weighted by Crippen LogP contribution is -2.27. The number of amides is 1. The second kappa shape index (κ2) is 14.9. The van der Waals surface area contributed by atoms with Gasteiger partial charge in [0.1, 0.15) is 0 Å². The zero-order chi connectivity index (χ0) is 20.7. The van der Waals surface area contributed by atoms with Crippen LogP contribution in [0.3, 0.4) is 0 Å². The molecule has 29 heavy (non-hydrogen) atoms. The molecule has 0 bridgehead atoms. The highest BCUT2D eigenvalue weighted by Crippen LogP contribution is 2.27. The molecule has 1 amide bonds. The molecule has 0 aliphatic heterocycles. The van der Waals surface area contributed by atoms with Crippen molar-refractivity contribution in [2.45, 2.75) is 116 Å². The lowest BCUT2D eigenvalue weighted by Gasteiger charge is -2.20. The minimum Gasteiger partial charge on any atom is -0.275 e. The summed E-state index contributed by atoms with van der Waals surface area (Å²) in [6, 6.07) is 0. The zero-order valence-corrected chi connectivity index (χ0v) is 19.2. The summed E-state index contributed by atoms with van der Waals surface area (Å²) in [6.45, 7) is 0. The molecule has 2 atom stereocenters. The highest BCUT2D eigenvalue weighted by atomic mass is 16.7. The van der Waals surface area contributed by atoms with E-state index in [9.17, 15) is 4.79 Å². The van der Waals surface area contributed by atoms with Crippen molar-refractivity contribution in [1.82, 2.24) is 5.06 Å². The van der Waals surface area contributed by atoms with Crippen molar-refractivity contribution >= 4 is 5.91 Å². The van der Waals surface area contributed by atoms with E-state index in [1.807, 2.05) is 0 Å². The molecule has 0 saturated heterocycles. The van der Waals surface area contributed by atoms with E-state index in [2.05, 4.69) is 11.8 Å². The number of rotatable bonds is 3. The van der Waals surface area contributed by atoms with E-state index in [-0.39, 0.29) is 5.91 Å². The fourth-order valence-electron chi connectivity index (χ4n) is 4.96. The average molecular weight is 404 g/mol. The van der Waals surface area contributed by atoms with E-state index < -0.39 is 0 Å². The summed E-state index contributed by atoms with van der Waals surface area (Å²) in [5.41, 5.74) is 0. The van der Waals surface area contributed by atoms with Crippen molar-refractivity contribution in [3.05, 3.63) is 0 Å². The van der Waals surface area contributed by atoms with Crippen molar-refractivity contribution in [3.63, 3.8) is 0 Å². The molecule has 2 unspecified atom stereocenters. The molecule has 0 aromatic carbocycles. The van der Waals surface area contributed by atoms with E-state index >= 15 is 0 Å². The second-order valence-corrected chi connectivity index (χ2v) is 9.45. The first-order chi connectivity index (χ1) is 14.2. The lowest BCUT2D eigenvalue weighted by molar-refractivity contribution is -0.169. The Kier molecular flexibility index (Phi) is 12.5. The monoisotopic (exact) mass is 403 g/mol. The molecule has 0 spiro atoms. The largest absolute Gasteiger partial charge is 0.275 e.